The van der Waals surface area contributed by atoms with Gasteiger partial charge in [-0.25, -0.2) is 0 Å². The van der Waals surface area contributed by atoms with E-state index in [4.69, 9.17) is 13.3 Å². The molecular formula is C20H14BrNO5. The van der Waals surface area contributed by atoms with Crippen molar-refractivity contribution < 1.29 is 18.0 Å². The van der Waals surface area contributed by atoms with Crippen LogP contribution < -0.4 is 5.43 Å². The summed E-state index contributed by atoms with van der Waals surface area (Å²) >= 11 is 3.34. The van der Waals surface area contributed by atoms with E-state index in [9.17, 15) is 9.59 Å². The fourth-order valence-electron chi connectivity index (χ4n) is 2.77. The van der Waals surface area contributed by atoms with Crippen LogP contribution in [0.3, 0.4) is 0 Å². The van der Waals surface area contributed by atoms with Crippen molar-refractivity contribution in [1.29, 1.82) is 0 Å². The van der Waals surface area contributed by atoms with Crippen molar-refractivity contribution in [2.75, 3.05) is 0 Å². The number of halogens is 1. The van der Waals surface area contributed by atoms with Crippen LogP contribution in [0.1, 0.15) is 22.1 Å². The quantitative estimate of drug-likeness (QED) is 0.465. The molecule has 6 nitrogen and oxygen atoms in total. The number of hydrogen-bond acceptors (Lipinski definition) is 5. The van der Waals surface area contributed by atoms with Crippen LogP contribution in [0.2, 0.25) is 0 Å². The normalized spacial score (nSPS) is 11.0. The number of carbonyl (C=O) groups is 1. The SMILES string of the molecule is O=C(c1cc(=O)c2ccc(Br)cc2o1)N(Cc1ccco1)Cc1ccco1. The molecule has 0 atom stereocenters. The zero-order valence-corrected chi connectivity index (χ0v) is 15.6. The molecule has 27 heavy (non-hydrogen) atoms. The molecule has 0 bridgehead atoms. The van der Waals surface area contributed by atoms with E-state index in [1.165, 1.54) is 11.0 Å². The minimum Gasteiger partial charge on any atom is -0.467 e. The molecule has 4 rings (SSSR count). The second kappa shape index (κ2) is 7.28. The van der Waals surface area contributed by atoms with Crippen LogP contribution in [-0.4, -0.2) is 10.8 Å². The molecule has 4 aromatic rings. The van der Waals surface area contributed by atoms with Crippen LogP contribution in [0.15, 0.2) is 83.6 Å². The maximum absolute atomic E-state index is 13.1. The summed E-state index contributed by atoms with van der Waals surface area (Å²) in [6.45, 7) is 0.430. The van der Waals surface area contributed by atoms with Gasteiger partial charge in [0.25, 0.3) is 5.91 Å². The first-order valence-electron chi connectivity index (χ1n) is 8.17. The van der Waals surface area contributed by atoms with Crippen LogP contribution in [0.5, 0.6) is 0 Å². The molecule has 0 radical (unpaired) electrons. The number of fused-ring (bicyclic) bond motifs is 1. The van der Waals surface area contributed by atoms with E-state index in [2.05, 4.69) is 15.9 Å². The van der Waals surface area contributed by atoms with Gasteiger partial charge in [-0.2, -0.15) is 0 Å². The number of carbonyl (C=O) groups excluding carboxylic acids is 1. The Morgan fingerprint density at radius 2 is 1.63 bits per heavy atom. The molecule has 0 N–H and O–H groups in total. The number of benzene rings is 1. The molecule has 0 aliphatic heterocycles. The zero-order valence-electron chi connectivity index (χ0n) is 14.1. The molecule has 0 saturated carbocycles. The van der Waals surface area contributed by atoms with E-state index in [1.54, 1.807) is 55.0 Å². The van der Waals surface area contributed by atoms with Gasteiger partial charge in [-0.3, -0.25) is 9.59 Å². The minimum atomic E-state index is -0.429. The monoisotopic (exact) mass is 427 g/mol. The fourth-order valence-corrected chi connectivity index (χ4v) is 3.11. The lowest BCUT2D eigenvalue weighted by Crippen LogP contribution is -2.30. The van der Waals surface area contributed by atoms with Crippen molar-refractivity contribution in [1.82, 2.24) is 4.90 Å². The van der Waals surface area contributed by atoms with E-state index in [1.807, 2.05) is 0 Å². The van der Waals surface area contributed by atoms with Gasteiger partial charge in [-0.05, 0) is 42.5 Å². The van der Waals surface area contributed by atoms with E-state index in [-0.39, 0.29) is 24.3 Å². The summed E-state index contributed by atoms with van der Waals surface area (Å²) < 4.78 is 17.2. The first-order valence-corrected chi connectivity index (χ1v) is 8.97. The summed E-state index contributed by atoms with van der Waals surface area (Å²) in [6.07, 6.45) is 3.08. The second-order valence-corrected chi connectivity index (χ2v) is 6.85. The van der Waals surface area contributed by atoms with Gasteiger partial charge in [0.05, 0.1) is 31.0 Å². The van der Waals surface area contributed by atoms with Crippen LogP contribution >= 0.6 is 15.9 Å². The van der Waals surface area contributed by atoms with Crippen molar-refractivity contribution in [2.45, 2.75) is 13.1 Å². The maximum atomic E-state index is 13.1. The van der Waals surface area contributed by atoms with Crippen molar-refractivity contribution >= 4 is 32.8 Å². The van der Waals surface area contributed by atoms with Gasteiger partial charge < -0.3 is 18.2 Å². The van der Waals surface area contributed by atoms with Gasteiger partial charge in [0, 0.05) is 10.5 Å². The molecule has 0 saturated heterocycles. The number of amides is 1. The van der Waals surface area contributed by atoms with Gasteiger partial charge >= 0.3 is 0 Å². The lowest BCUT2D eigenvalue weighted by Gasteiger charge is -2.20. The van der Waals surface area contributed by atoms with Crippen LogP contribution in [0.4, 0.5) is 0 Å². The first-order chi connectivity index (χ1) is 13.1. The number of hydrogen-bond donors (Lipinski definition) is 0. The molecule has 0 unspecified atom stereocenters. The Hall–Kier alpha value is -3.06. The molecule has 3 heterocycles. The number of nitrogens with zero attached hydrogens (tertiary/aromatic N) is 1. The van der Waals surface area contributed by atoms with Crippen LogP contribution in [0.25, 0.3) is 11.0 Å². The molecule has 1 aromatic carbocycles. The summed E-state index contributed by atoms with van der Waals surface area (Å²) in [7, 11) is 0. The Balaban J connectivity index is 1.71. The Labute approximate surface area is 162 Å². The van der Waals surface area contributed by atoms with Gasteiger partial charge in [-0.1, -0.05) is 15.9 Å². The van der Waals surface area contributed by atoms with Crippen LogP contribution in [0, 0.1) is 0 Å². The molecule has 7 heteroatoms. The van der Waals surface area contributed by atoms with Crippen molar-refractivity contribution in [2.24, 2.45) is 0 Å². The van der Waals surface area contributed by atoms with E-state index in [0.717, 1.165) is 4.47 Å². The average Bonchev–Trinajstić information content (AvgIpc) is 3.34. The molecule has 136 valence electrons. The highest BCUT2D eigenvalue weighted by Gasteiger charge is 2.22. The number of rotatable bonds is 5. The summed E-state index contributed by atoms with van der Waals surface area (Å²) in [5.41, 5.74) is 0.0687. The molecule has 0 aliphatic carbocycles. The predicted octanol–water partition coefficient (Wildman–Crippen LogP) is 4.58. The Kier molecular flexibility index (Phi) is 4.68. The molecule has 1 amide bonds. The average molecular weight is 428 g/mol. The Morgan fingerprint density at radius 1 is 0.963 bits per heavy atom. The third-order valence-electron chi connectivity index (χ3n) is 4.04. The van der Waals surface area contributed by atoms with Crippen molar-refractivity contribution in [3.8, 4) is 0 Å². The van der Waals surface area contributed by atoms with Gasteiger partial charge in [0.2, 0.25) is 0 Å². The van der Waals surface area contributed by atoms with E-state index >= 15 is 0 Å². The van der Waals surface area contributed by atoms with Crippen molar-refractivity contribution in [3.63, 3.8) is 0 Å². The Bertz CT molecular complexity index is 1090. The summed E-state index contributed by atoms with van der Waals surface area (Å²) in [4.78, 5) is 27.0. The second-order valence-electron chi connectivity index (χ2n) is 5.94. The molecule has 3 aromatic heterocycles. The van der Waals surface area contributed by atoms with Gasteiger partial charge in [-0.15, -0.1) is 0 Å². The predicted molar refractivity (Wildman–Crippen MR) is 101 cm³/mol. The molecular weight excluding hydrogens is 414 g/mol. The third-order valence-corrected chi connectivity index (χ3v) is 4.54. The third kappa shape index (κ3) is 3.73. The molecule has 0 fully saturated rings. The molecule has 0 spiro atoms. The van der Waals surface area contributed by atoms with Gasteiger partial charge in [0.1, 0.15) is 17.1 Å². The minimum absolute atomic E-state index is 0.0382. The van der Waals surface area contributed by atoms with E-state index in [0.29, 0.717) is 22.5 Å². The first kappa shape index (κ1) is 17.4. The fraction of sp³-hybridized carbons (Fsp3) is 0.100. The van der Waals surface area contributed by atoms with Crippen molar-refractivity contribution in [3.05, 3.63) is 93.0 Å². The smallest absolute Gasteiger partial charge is 0.290 e. The Morgan fingerprint density at radius 3 is 2.22 bits per heavy atom. The lowest BCUT2D eigenvalue weighted by molar-refractivity contribution is 0.0673. The topological polar surface area (TPSA) is 76.8 Å². The highest BCUT2D eigenvalue weighted by molar-refractivity contribution is 9.10. The maximum Gasteiger partial charge on any atom is 0.290 e. The van der Waals surface area contributed by atoms with Crippen LogP contribution in [-0.2, 0) is 13.1 Å². The highest BCUT2D eigenvalue weighted by Crippen LogP contribution is 2.20. The summed E-state index contributed by atoms with van der Waals surface area (Å²) in [6, 6.07) is 13.3. The lowest BCUT2D eigenvalue weighted by atomic mass is 10.2. The van der Waals surface area contributed by atoms with Gasteiger partial charge in [0.15, 0.2) is 11.2 Å². The standard InChI is InChI=1S/C20H14BrNO5/c21-13-5-6-16-17(23)10-19(27-18(16)9-13)20(24)22(11-14-3-1-7-25-14)12-15-4-2-8-26-15/h1-10H,11-12H2. The summed E-state index contributed by atoms with van der Waals surface area (Å²) in [5, 5.41) is 0.415. The zero-order chi connectivity index (χ0) is 18.8. The molecule has 0 aliphatic rings. The largest absolute Gasteiger partial charge is 0.467 e. The summed E-state index contributed by atoms with van der Waals surface area (Å²) in [5.74, 6) is 0.757. The van der Waals surface area contributed by atoms with E-state index < -0.39 is 5.91 Å². The number of furan rings is 2. The highest BCUT2D eigenvalue weighted by atomic mass is 79.9.